The molecule has 116 valence electrons. The quantitative estimate of drug-likeness (QED) is 0.779. The van der Waals surface area contributed by atoms with Gasteiger partial charge in [-0.05, 0) is 30.3 Å². The van der Waals surface area contributed by atoms with Crippen LogP contribution in [0.2, 0.25) is 0 Å². The molecule has 23 heavy (non-hydrogen) atoms. The van der Waals surface area contributed by atoms with Gasteiger partial charge in [-0.15, -0.1) is 0 Å². The standard InChI is InChI=1S/C17H14N2O4/c1-21-11-3-4-14-12(7-11)13(8-18-14)17(20)19-10-2-5-15-16(6-10)23-9-22-15/h2-8,18H,9H2,1H3,(H,19,20). The monoisotopic (exact) mass is 310 g/mol. The van der Waals surface area contributed by atoms with Crippen molar-refractivity contribution >= 4 is 22.5 Å². The third-order valence-corrected chi connectivity index (χ3v) is 3.76. The van der Waals surface area contributed by atoms with Crippen LogP contribution in [0, 0.1) is 0 Å². The van der Waals surface area contributed by atoms with E-state index < -0.39 is 0 Å². The Balaban J connectivity index is 1.64. The summed E-state index contributed by atoms with van der Waals surface area (Å²) in [6.07, 6.45) is 1.69. The lowest BCUT2D eigenvalue weighted by atomic mass is 10.1. The van der Waals surface area contributed by atoms with Gasteiger partial charge in [-0.2, -0.15) is 0 Å². The Morgan fingerprint density at radius 1 is 1.17 bits per heavy atom. The number of hydrogen-bond acceptors (Lipinski definition) is 4. The molecule has 1 aliphatic heterocycles. The fourth-order valence-electron chi connectivity index (χ4n) is 2.59. The van der Waals surface area contributed by atoms with Crippen molar-refractivity contribution in [3.63, 3.8) is 0 Å². The zero-order valence-corrected chi connectivity index (χ0v) is 12.4. The molecule has 6 heteroatoms. The molecule has 0 spiro atoms. The molecular formula is C17H14N2O4. The summed E-state index contributed by atoms with van der Waals surface area (Å²) in [7, 11) is 1.60. The highest BCUT2D eigenvalue weighted by Crippen LogP contribution is 2.34. The van der Waals surface area contributed by atoms with Crippen LogP contribution in [0.1, 0.15) is 10.4 Å². The summed E-state index contributed by atoms with van der Waals surface area (Å²) in [6.45, 7) is 0.203. The number of carbonyl (C=O) groups excluding carboxylic acids is 1. The van der Waals surface area contributed by atoms with E-state index in [0.717, 1.165) is 10.9 Å². The SMILES string of the molecule is COc1ccc2[nH]cc(C(=O)Nc3ccc4c(c3)OCO4)c2c1. The first kappa shape index (κ1) is 13.5. The van der Waals surface area contributed by atoms with Crippen molar-refractivity contribution < 1.29 is 19.0 Å². The van der Waals surface area contributed by atoms with Gasteiger partial charge < -0.3 is 24.5 Å². The van der Waals surface area contributed by atoms with E-state index in [1.54, 1.807) is 31.5 Å². The molecule has 0 aliphatic carbocycles. The third kappa shape index (κ3) is 2.34. The van der Waals surface area contributed by atoms with Gasteiger partial charge in [-0.3, -0.25) is 4.79 Å². The first-order chi connectivity index (χ1) is 11.2. The van der Waals surface area contributed by atoms with E-state index in [1.165, 1.54) is 0 Å². The molecule has 2 aromatic carbocycles. The molecule has 1 aliphatic rings. The number of hydrogen-bond donors (Lipinski definition) is 2. The largest absolute Gasteiger partial charge is 0.497 e. The number of anilines is 1. The summed E-state index contributed by atoms with van der Waals surface area (Å²) in [6, 6.07) is 10.9. The van der Waals surface area contributed by atoms with Gasteiger partial charge in [-0.1, -0.05) is 0 Å². The Labute approximate surface area is 132 Å². The van der Waals surface area contributed by atoms with Gasteiger partial charge in [0.2, 0.25) is 6.79 Å². The number of aromatic amines is 1. The van der Waals surface area contributed by atoms with Crippen molar-refractivity contribution in [3.8, 4) is 17.2 Å². The van der Waals surface area contributed by atoms with E-state index in [9.17, 15) is 4.79 Å². The summed E-state index contributed by atoms with van der Waals surface area (Å²) < 4.78 is 15.8. The van der Waals surface area contributed by atoms with Gasteiger partial charge in [0.05, 0.1) is 12.7 Å². The minimum absolute atomic E-state index is 0.203. The Morgan fingerprint density at radius 3 is 2.91 bits per heavy atom. The van der Waals surface area contributed by atoms with Gasteiger partial charge in [0.25, 0.3) is 5.91 Å². The molecule has 4 rings (SSSR count). The molecule has 0 unspecified atom stereocenters. The number of H-pyrrole nitrogens is 1. The number of nitrogens with one attached hydrogen (secondary N) is 2. The van der Waals surface area contributed by atoms with Crippen LogP contribution in [-0.2, 0) is 0 Å². The Bertz CT molecular complexity index is 901. The fourth-order valence-corrected chi connectivity index (χ4v) is 2.59. The number of benzene rings is 2. The van der Waals surface area contributed by atoms with Crippen LogP contribution in [0.5, 0.6) is 17.2 Å². The lowest BCUT2D eigenvalue weighted by Crippen LogP contribution is -2.11. The van der Waals surface area contributed by atoms with Crippen molar-refractivity contribution in [3.05, 3.63) is 48.2 Å². The predicted octanol–water partition coefficient (Wildman–Crippen LogP) is 3.16. The second kappa shape index (κ2) is 5.24. The molecule has 1 amide bonds. The maximum atomic E-state index is 12.5. The number of ether oxygens (including phenoxy) is 3. The number of amides is 1. The van der Waals surface area contributed by atoms with E-state index in [1.807, 2.05) is 18.2 Å². The van der Waals surface area contributed by atoms with E-state index in [-0.39, 0.29) is 12.7 Å². The number of carbonyl (C=O) groups is 1. The van der Waals surface area contributed by atoms with Crippen molar-refractivity contribution in [2.75, 3.05) is 19.2 Å². The summed E-state index contributed by atoms with van der Waals surface area (Å²) >= 11 is 0. The highest BCUT2D eigenvalue weighted by atomic mass is 16.7. The van der Waals surface area contributed by atoms with Gasteiger partial charge >= 0.3 is 0 Å². The first-order valence-corrected chi connectivity index (χ1v) is 7.11. The minimum atomic E-state index is -0.205. The van der Waals surface area contributed by atoms with Crippen molar-refractivity contribution in [1.82, 2.24) is 4.98 Å². The highest BCUT2D eigenvalue weighted by Gasteiger charge is 2.16. The molecule has 3 aromatic rings. The van der Waals surface area contributed by atoms with E-state index in [0.29, 0.717) is 28.5 Å². The van der Waals surface area contributed by atoms with Gasteiger partial charge in [0.1, 0.15) is 5.75 Å². The summed E-state index contributed by atoms with van der Waals surface area (Å²) in [5.41, 5.74) is 2.08. The van der Waals surface area contributed by atoms with Crippen LogP contribution in [-0.4, -0.2) is 24.8 Å². The van der Waals surface area contributed by atoms with Gasteiger partial charge in [0, 0.05) is 28.9 Å². The fraction of sp³-hybridized carbons (Fsp3) is 0.118. The molecule has 1 aromatic heterocycles. The molecule has 0 radical (unpaired) electrons. The normalized spacial score (nSPS) is 12.4. The molecule has 0 fully saturated rings. The van der Waals surface area contributed by atoms with Crippen LogP contribution >= 0.6 is 0 Å². The summed E-state index contributed by atoms with van der Waals surface area (Å²) in [5.74, 6) is 1.81. The minimum Gasteiger partial charge on any atom is -0.497 e. The second-order valence-corrected chi connectivity index (χ2v) is 5.14. The summed E-state index contributed by atoms with van der Waals surface area (Å²) in [4.78, 5) is 15.6. The first-order valence-electron chi connectivity index (χ1n) is 7.11. The zero-order chi connectivity index (χ0) is 15.8. The Hall–Kier alpha value is -3.15. The predicted molar refractivity (Wildman–Crippen MR) is 85.4 cm³/mol. The molecule has 0 atom stereocenters. The van der Waals surface area contributed by atoms with E-state index in [2.05, 4.69) is 10.3 Å². The maximum Gasteiger partial charge on any atom is 0.257 e. The number of fused-ring (bicyclic) bond motifs is 2. The zero-order valence-electron chi connectivity index (χ0n) is 12.4. The summed E-state index contributed by atoms with van der Waals surface area (Å²) in [5, 5.41) is 3.68. The number of aromatic nitrogens is 1. The highest BCUT2D eigenvalue weighted by molar-refractivity contribution is 6.13. The Morgan fingerprint density at radius 2 is 2.04 bits per heavy atom. The molecule has 2 N–H and O–H groups in total. The van der Waals surface area contributed by atoms with Crippen molar-refractivity contribution in [1.29, 1.82) is 0 Å². The average Bonchev–Trinajstić information content (AvgIpc) is 3.20. The van der Waals surface area contributed by atoms with Crippen LogP contribution in [0.3, 0.4) is 0 Å². The van der Waals surface area contributed by atoms with E-state index >= 15 is 0 Å². The smallest absolute Gasteiger partial charge is 0.257 e. The van der Waals surface area contributed by atoms with Crippen LogP contribution < -0.4 is 19.5 Å². The molecule has 2 heterocycles. The van der Waals surface area contributed by atoms with Crippen LogP contribution in [0.25, 0.3) is 10.9 Å². The van der Waals surface area contributed by atoms with Crippen LogP contribution in [0.4, 0.5) is 5.69 Å². The molecule has 0 saturated heterocycles. The van der Waals surface area contributed by atoms with Gasteiger partial charge in [-0.25, -0.2) is 0 Å². The lowest BCUT2D eigenvalue weighted by Gasteiger charge is -2.06. The number of rotatable bonds is 3. The molecule has 6 nitrogen and oxygen atoms in total. The van der Waals surface area contributed by atoms with Gasteiger partial charge in [0.15, 0.2) is 11.5 Å². The number of methoxy groups -OCH3 is 1. The maximum absolute atomic E-state index is 12.5. The molecule has 0 saturated carbocycles. The average molecular weight is 310 g/mol. The van der Waals surface area contributed by atoms with Crippen LogP contribution in [0.15, 0.2) is 42.6 Å². The Kier molecular flexibility index (Phi) is 3.08. The second-order valence-electron chi connectivity index (χ2n) is 5.14. The van der Waals surface area contributed by atoms with Crippen molar-refractivity contribution in [2.45, 2.75) is 0 Å². The third-order valence-electron chi connectivity index (χ3n) is 3.76. The van der Waals surface area contributed by atoms with Crippen molar-refractivity contribution in [2.24, 2.45) is 0 Å². The topological polar surface area (TPSA) is 72.6 Å². The molecular weight excluding hydrogens is 296 g/mol. The lowest BCUT2D eigenvalue weighted by molar-refractivity contribution is 0.102. The molecule has 0 bridgehead atoms. The van der Waals surface area contributed by atoms with E-state index in [4.69, 9.17) is 14.2 Å².